The Morgan fingerprint density at radius 1 is 1.03 bits per heavy atom. The molecule has 0 spiro atoms. The number of methoxy groups -OCH3 is 2. The van der Waals surface area contributed by atoms with E-state index in [0.29, 0.717) is 36.0 Å². The minimum atomic E-state index is -0.651. The summed E-state index contributed by atoms with van der Waals surface area (Å²) >= 11 is 0. The Morgan fingerprint density at radius 3 is 2.50 bits per heavy atom. The third kappa shape index (κ3) is 4.18. The van der Waals surface area contributed by atoms with Crippen LogP contribution in [0.3, 0.4) is 0 Å². The van der Waals surface area contributed by atoms with E-state index in [9.17, 15) is 9.59 Å². The first-order valence-electron chi connectivity index (χ1n) is 11.5. The van der Waals surface area contributed by atoms with E-state index in [2.05, 4.69) is 0 Å². The molecule has 5 rings (SSSR count). The van der Waals surface area contributed by atoms with Gasteiger partial charge in [0.25, 0.3) is 0 Å². The van der Waals surface area contributed by atoms with Crippen molar-refractivity contribution in [3.8, 4) is 28.4 Å². The van der Waals surface area contributed by atoms with Crippen LogP contribution in [0.5, 0.6) is 17.2 Å². The lowest BCUT2D eigenvalue weighted by Gasteiger charge is -2.25. The average Bonchev–Trinajstić information content (AvgIpc) is 3.58. The van der Waals surface area contributed by atoms with Crippen LogP contribution in [0.15, 0.2) is 30.3 Å². The molecule has 1 saturated carbocycles. The Hall–Kier alpha value is -3.26. The highest BCUT2D eigenvalue weighted by Crippen LogP contribution is 2.50. The van der Waals surface area contributed by atoms with Crippen LogP contribution in [0.2, 0.25) is 0 Å². The first kappa shape index (κ1) is 22.5. The van der Waals surface area contributed by atoms with E-state index in [0.717, 1.165) is 42.4 Å². The smallest absolute Gasteiger partial charge is 0.338 e. The molecule has 0 atom stereocenters. The summed E-state index contributed by atoms with van der Waals surface area (Å²) in [4.78, 5) is 24.8. The van der Waals surface area contributed by atoms with Crippen LogP contribution in [-0.4, -0.2) is 52.1 Å². The number of carbonyl (C=O) groups is 2. The van der Waals surface area contributed by atoms with Gasteiger partial charge in [-0.05, 0) is 42.7 Å². The summed E-state index contributed by atoms with van der Waals surface area (Å²) in [5.74, 6) is 0.925. The molecule has 34 heavy (non-hydrogen) atoms. The van der Waals surface area contributed by atoms with Crippen molar-refractivity contribution in [1.82, 2.24) is 0 Å². The number of cyclic esters (lactones) is 1. The van der Waals surface area contributed by atoms with Gasteiger partial charge in [-0.15, -0.1) is 0 Å². The molecule has 2 aromatic carbocycles. The average molecular weight is 469 g/mol. The Balaban J connectivity index is 1.41. The van der Waals surface area contributed by atoms with E-state index in [1.54, 1.807) is 20.3 Å². The van der Waals surface area contributed by atoms with Crippen LogP contribution in [0.25, 0.3) is 11.1 Å². The molecule has 8 nitrogen and oxygen atoms in total. The molecule has 0 aromatic heterocycles. The van der Waals surface area contributed by atoms with E-state index >= 15 is 0 Å². The van der Waals surface area contributed by atoms with Crippen molar-refractivity contribution >= 4 is 11.9 Å². The molecule has 8 heteroatoms. The maximum atomic E-state index is 13.0. The molecule has 2 fully saturated rings. The SMILES string of the molecule is COc1ccc(-c2ccc3c(c2)COC3=O)c(OCC2(C(=O)OC3CCOCC3)CC2)c1OC. The molecule has 0 amide bonds. The fourth-order valence-corrected chi connectivity index (χ4v) is 4.41. The monoisotopic (exact) mass is 468 g/mol. The summed E-state index contributed by atoms with van der Waals surface area (Å²) in [6, 6.07) is 9.22. The zero-order valence-corrected chi connectivity index (χ0v) is 19.4. The van der Waals surface area contributed by atoms with Gasteiger partial charge in [0.05, 0.1) is 33.0 Å². The van der Waals surface area contributed by atoms with Crippen molar-refractivity contribution < 1.29 is 38.0 Å². The number of fused-ring (bicyclic) bond motifs is 1. The van der Waals surface area contributed by atoms with Gasteiger partial charge in [-0.3, -0.25) is 4.79 Å². The van der Waals surface area contributed by atoms with Crippen LogP contribution in [-0.2, 0) is 25.6 Å². The number of rotatable bonds is 8. The molecule has 3 aliphatic rings. The highest BCUT2D eigenvalue weighted by molar-refractivity contribution is 5.94. The highest BCUT2D eigenvalue weighted by Gasteiger charge is 2.53. The maximum Gasteiger partial charge on any atom is 0.338 e. The van der Waals surface area contributed by atoms with Crippen molar-refractivity contribution in [2.45, 2.75) is 38.4 Å². The van der Waals surface area contributed by atoms with E-state index in [4.69, 9.17) is 28.4 Å². The van der Waals surface area contributed by atoms with Gasteiger partial charge >= 0.3 is 11.9 Å². The van der Waals surface area contributed by atoms with Crippen LogP contribution < -0.4 is 14.2 Å². The molecular formula is C26H28O8. The Labute approximate surface area is 198 Å². The van der Waals surface area contributed by atoms with Gasteiger partial charge in [0, 0.05) is 24.0 Å². The standard InChI is InChI=1S/C26H28O8/c1-29-21-6-5-19(16-3-4-20-17(13-16)14-32-24(20)27)22(23(21)30-2)33-15-26(9-10-26)25(28)34-18-7-11-31-12-8-18/h3-6,13,18H,7-12,14-15H2,1-2H3. The van der Waals surface area contributed by atoms with Crippen molar-refractivity contribution in [1.29, 1.82) is 0 Å². The lowest BCUT2D eigenvalue weighted by Crippen LogP contribution is -2.32. The summed E-state index contributed by atoms with van der Waals surface area (Å²) in [5.41, 5.74) is 2.36. The summed E-state index contributed by atoms with van der Waals surface area (Å²) in [6.07, 6.45) is 2.78. The molecule has 0 N–H and O–H groups in total. The van der Waals surface area contributed by atoms with Gasteiger partial charge in [0.15, 0.2) is 11.5 Å². The van der Waals surface area contributed by atoms with E-state index in [-0.39, 0.29) is 31.3 Å². The molecule has 2 heterocycles. The fourth-order valence-electron chi connectivity index (χ4n) is 4.41. The minimum Gasteiger partial charge on any atom is -0.493 e. The zero-order chi connectivity index (χ0) is 23.7. The van der Waals surface area contributed by atoms with Crippen LogP contribution in [0.4, 0.5) is 0 Å². The Bertz CT molecular complexity index is 1100. The first-order valence-corrected chi connectivity index (χ1v) is 11.5. The molecule has 2 aliphatic heterocycles. The van der Waals surface area contributed by atoms with E-state index in [1.807, 2.05) is 24.3 Å². The number of carbonyl (C=O) groups excluding carboxylic acids is 2. The molecule has 180 valence electrons. The minimum absolute atomic E-state index is 0.100. The number of ether oxygens (including phenoxy) is 6. The summed E-state index contributed by atoms with van der Waals surface area (Å²) in [7, 11) is 3.11. The maximum absolute atomic E-state index is 13.0. The predicted molar refractivity (Wildman–Crippen MR) is 121 cm³/mol. The highest BCUT2D eigenvalue weighted by atomic mass is 16.6. The van der Waals surface area contributed by atoms with Gasteiger partial charge in [-0.1, -0.05) is 6.07 Å². The van der Waals surface area contributed by atoms with Crippen LogP contribution >= 0.6 is 0 Å². The molecule has 0 bridgehead atoms. The second-order valence-corrected chi connectivity index (χ2v) is 8.91. The topological polar surface area (TPSA) is 89.5 Å². The van der Waals surface area contributed by atoms with Crippen LogP contribution in [0.1, 0.15) is 41.6 Å². The third-order valence-corrected chi connectivity index (χ3v) is 6.72. The van der Waals surface area contributed by atoms with E-state index in [1.165, 1.54) is 0 Å². The number of benzene rings is 2. The number of hydrogen-bond acceptors (Lipinski definition) is 8. The summed E-state index contributed by atoms with van der Waals surface area (Å²) in [5, 5.41) is 0. The molecule has 0 unspecified atom stereocenters. The number of hydrogen-bond donors (Lipinski definition) is 0. The largest absolute Gasteiger partial charge is 0.493 e. The van der Waals surface area contributed by atoms with Crippen molar-refractivity contribution in [3.63, 3.8) is 0 Å². The first-order chi connectivity index (χ1) is 16.5. The van der Waals surface area contributed by atoms with Gasteiger partial charge in [0.1, 0.15) is 24.7 Å². The fraction of sp³-hybridized carbons (Fsp3) is 0.462. The van der Waals surface area contributed by atoms with Gasteiger partial charge in [-0.2, -0.15) is 0 Å². The van der Waals surface area contributed by atoms with Crippen molar-refractivity contribution in [2.24, 2.45) is 5.41 Å². The predicted octanol–water partition coefficient (Wildman–Crippen LogP) is 3.92. The van der Waals surface area contributed by atoms with Gasteiger partial charge < -0.3 is 28.4 Å². The third-order valence-electron chi connectivity index (χ3n) is 6.72. The lowest BCUT2D eigenvalue weighted by molar-refractivity contribution is -0.161. The molecule has 1 aliphatic carbocycles. The Kier molecular flexibility index (Phi) is 6.08. The lowest BCUT2D eigenvalue weighted by atomic mass is 9.99. The van der Waals surface area contributed by atoms with Crippen LogP contribution in [0, 0.1) is 5.41 Å². The second kappa shape index (κ2) is 9.18. The van der Waals surface area contributed by atoms with Gasteiger partial charge in [0.2, 0.25) is 5.75 Å². The molecule has 2 aromatic rings. The quantitative estimate of drug-likeness (QED) is 0.539. The summed E-state index contributed by atoms with van der Waals surface area (Å²) in [6.45, 7) is 1.65. The van der Waals surface area contributed by atoms with E-state index < -0.39 is 5.41 Å². The second-order valence-electron chi connectivity index (χ2n) is 8.91. The summed E-state index contributed by atoms with van der Waals surface area (Å²) < 4.78 is 33.7. The zero-order valence-electron chi connectivity index (χ0n) is 19.4. The Morgan fingerprint density at radius 2 is 1.79 bits per heavy atom. The molecule has 0 radical (unpaired) electrons. The van der Waals surface area contributed by atoms with Gasteiger partial charge in [-0.25, -0.2) is 4.79 Å². The molecular weight excluding hydrogens is 440 g/mol. The molecule has 1 saturated heterocycles. The number of esters is 2. The van der Waals surface area contributed by atoms with Crippen molar-refractivity contribution in [2.75, 3.05) is 34.0 Å². The normalized spacial score (nSPS) is 18.6. The van der Waals surface area contributed by atoms with Crippen molar-refractivity contribution in [3.05, 3.63) is 41.5 Å².